The van der Waals surface area contributed by atoms with E-state index < -0.39 is 16.1 Å². The summed E-state index contributed by atoms with van der Waals surface area (Å²) in [5.41, 5.74) is 0.857. The quantitative estimate of drug-likeness (QED) is 0.814. The van der Waals surface area contributed by atoms with Crippen LogP contribution in [-0.4, -0.2) is 32.8 Å². The molecule has 1 unspecified atom stereocenters. The van der Waals surface area contributed by atoms with Crippen LogP contribution in [0.4, 0.5) is 0 Å². The van der Waals surface area contributed by atoms with Crippen molar-refractivity contribution in [1.29, 1.82) is 0 Å². The van der Waals surface area contributed by atoms with Gasteiger partial charge in [0.1, 0.15) is 18.5 Å². The van der Waals surface area contributed by atoms with Gasteiger partial charge in [0.05, 0.1) is 4.90 Å². The van der Waals surface area contributed by atoms with E-state index in [4.69, 9.17) is 4.74 Å². The molecule has 2 rings (SSSR count). The van der Waals surface area contributed by atoms with Crippen LogP contribution in [0.2, 0.25) is 0 Å². The van der Waals surface area contributed by atoms with Crippen molar-refractivity contribution < 1.29 is 18.3 Å². The van der Waals surface area contributed by atoms with Gasteiger partial charge in [0.15, 0.2) is 0 Å². The Morgan fingerprint density at radius 1 is 1.14 bits per heavy atom. The zero-order valence-electron chi connectivity index (χ0n) is 12.3. The molecule has 0 fully saturated rings. The largest absolute Gasteiger partial charge is 0.491 e. The van der Waals surface area contributed by atoms with Gasteiger partial charge < -0.3 is 9.84 Å². The van der Waals surface area contributed by atoms with Crippen LogP contribution in [0.1, 0.15) is 5.56 Å². The van der Waals surface area contributed by atoms with E-state index in [9.17, 15) is 13.5 Å². The minimum atomic E-state index is -3.63. The molecule has 0 bridgehead atoms. The summed E-state index contributed by atoms with van der Waals surface area (Å²) in [5.74, 6) is 0.628. The first-order valence-electron chi connectivity index (χ1n) is 6.89. The molecule has 2 aromatic carbocycles. The summed E-state index contributed by atoms with van der Waals surface area (Å²) in [6.07, 6.45) is -0.931. The summed E-state index contributed by atoms with van der Waals surface area (Å²) in [6.45, 7) is 1.73. The molecule has 2 N–H and O–H groups in total. The number of benzene rings is 2. The Kier molecular flexibility index (Phi) is 5.54. The first-order valence-corrected chi connectivity index (χ1v) is 8.38. The third-order valence-corrected chi connectivity index (χ3v) is 4.42. The first-order chi connectivity index (χ1) is 10.5. The lowest BCUT2D eigenvalue weighted by atomic mass is 10.2. The fourth-order valence-electron chi connectivity index (χ4n) is 1.84. The Balaban J connectivity index is 1.86. The van der Waals surface area contributed by atoms with Crippen molar-refractivity contribution in [3.05, 3.63) is 60.2 Å². The summed E-state index contributed by atoms with van der Waals surface area (Å²) in [4.78, 5) is 0.184. The van der Waals surface area contributed by atoms with Crippen molar-refractivity contribution in [2.45, 2.75) is 17.9 Å². The molecule has 0 saturated heterocycles. The molecule has 0 spiro atoms. The first kappa shape index (κ1) is 16.5. The van der Waals surface area contributed by atoms with Gasteiger partial charge >= 0.3 is 0 Å². The van der Waals surface area contributed by atoms with Gasteiger partial charge in [-0.05, 0) is 36.8 Å². The third-order valence-electron chi connectivity index (χ3n) is 2.99. The number of hydrogen-bond donors (Lipinski definition) is 2. The van der Waals surface area contributed by atoms with Crippen LogP contribution in [-0.2, 0) is 10.0 Å². The summed E-state index contributed by atoms with van der Waals surface area (Å²) in [6, 6.07) is 15.6. The molecule has 6 heteroatoms. The van der Waals surface area contributed by atoms with Gasteiger partial charge in [-0.25, -0.2) is 13.1 Å². The van der Waals surface area contributed by atoms with Crippen LogP contribution in [0.15, 0.2) is 59.5 Å². The molecule has 0 amide bonds. The van der Waals surface area contributed by atoms with Crippen molar-refractivity contribution in [3.8, 4) is 5.75 Å². The minimum absolute atomic E-state index is 0.0142. The lowest BCUT2D eigenvalue weighted by Crippen LogP contribution is -2.35. The van der Waals surface area contributed by atoms with Gasteiger partial charge in [-0.1, -0.05) is 30.3 Å². The average molecular weight is 321 g/mol. The fraction of sp³-hybridized carbons (Fsp3) is 0.250. The summed E-state index contributed by atoms with van der Waals surface area (Å²) in [5, 5.41) is 9.82. The maximum absolute atomic E-state index is 12.1. The molecule has 2 aromatic rings. The van der Waals surface area contributed by atoms with Crippen LogP contribution >= 0.6 is 0 Å². The molecule has 0 aliphatic rings. The predicted octanol–water partition coefficient (Wildman–Crippen LogP) is 1.71. The number of aliphatic hydroxyl groups is 1. The second-order valence-corrected chi connectivity index (χ2v) is 6.71. The van der Waals surface area contributed by atoms with E-state index in [1.54, 1.807) is 24.3 Å². The van der Waals surface area contributed by atoms with E-state index in [0.29, 0.717) is 5.75 Å². The van der Waals surface area contributed by atoms with Gasteiger partial charge in [-0.2, -0.15) is 0 Å². The molecular formula is C16H19NO4S. The minimum Gasteiger partial charge on any atom is -0.491 e. The number of para-hydroxylation sites is 1. The molecule has 22 heavy (non-hydrogen) atoms. The van der Waals surface area contributed by atoms with E-state index in [-0.39, 0.29) is 18.0 Å². The van der Waals surface area contributed by atoms with Gasteiger partial charge in [0.2, 0.25) is 10.0 Å². The molecule has 5 nitrogen and oxygen atoms in total. The number of rotatable bonds is 7. The van der Waals surface area contributed by atoms with Crippen molar-refractivity contribution in [3.63, 3.8) is 0 Å². The van der Waals surface area contributed by atoms with Gasteiger partial charge in [-0.3, -0.25) is 0 Å². The van der Waals surface area contributed by atoms with Crippen molar-refractivity contribution in [1.82, 2.24) is 4.72 Å². The second-order valence-electron chi connectivity index (χ2n) is 4.95. The number of aryl methyl sites for hydroxylation is 1. The van der Waals surface area contributed by atoms with Crippen LogP contribution < -0.4 is 9.46 Å². The van der Waals surface area contributed by atoms with Crippen molar-refractivity contribution in [2.75, 3.05) is 13.2 Å². The Labute approximate surface area is 130 Å². The maximum Gasteiger partial charge on any atom is 0.240 e. The average Bonchev–Trinajstić information content (AvgIpc) is 2.52. The summed E-state index contributed by atoms with van der Waals surface area (Å²) in [7, 11) is -3.63. The van der Waals surface area contributed by atoms with Crippen LogP contribution in [0.25, 0.3) is 0 Å². The highest BCUT2D eigenvalue weighted by Gasteiger charge is 2.16. The van der Waals surface area contributed by atoms with Gasteiger partial charge in [0, 0.05) is 6.54 Å². The van der Waals surface area contributed by atoms with E-state index in [0.717, 1.165) is 5.56 Å². The Morgan fingerprint density at radius 3 is 2.55 bits per heavy atom. The molecule has 1 atom stereocenters. The number of aliphatic hydroxyl groups excluding tert-OH is 1. The lowest BCUT2D eigenvalue weighted by Gasteiger charge is -2.13. The fourth-order valence-corrected chi connectivity index (χ4v) is 3.02. The number of sulfonamides is 1. The molecule has 0 aliphatic heterocycles. The Morgan fingerprint density at radius 2 is 1.86 bits per heavy atom. The van der Waals surface area contributed by atoms with Crippen LogP contribution in [0, 0.1) is 6.92 Å². The Hall–Kier alpha value is -1.89. The smallest absolute Gasteiger partial charge is 0.240 e. The van der Waals surface area contributed by atoms with Gasteiger partial charge in [0.25, 0.3) is 0 Å². The Bertz CT molecular complexity index is 701. The van der Waals surface area contributed by atoms with Crippen molar-refractivity contribution >= 4 is 10.0 Å². The summed E-state index contributed by atoms with van der Waals surface area (Å²) >= 11 is 0. The second kappa shape index (κ2) is 7.40. The van der Waals surface area contributed by atoms with E-state index in [1.807, 2.05) is 31.2 Å². The predicted molar refractivity (Wildman–Crippen MR) is 84.3 cm³/mol. The van der Waals surface area contributed by atoms with E-state index in [1.165, 1.54) is 6.07 Å². The molecule has 118 valence electrons. The molecular weight excluding hydrogens is 302 g/mol. The third kappa shape index (κ3) is 4.84. The highest BCUT2D eigenvalue weighted by Crippen LogP contribution is 2.11. The van der Waals surface area contributed by atoms with E-state index in [2.05, 4.69) is 4.72 Å². The zero-order chi connectivity index (χ0) is 16.0. The topological polar surface area (TPSA) is 75.6 Å². The molecule has 0 aromatic heterocycles. The van der Waals surface area contributed by atoms with Crippen molar-refractivity contribution in [2.24, 2.45) is 0 Å². The highest BCUT2D eigenvalue weighted by atomic mass is 32.2. The summed E-state index contributed by atoms with van der Waals surface area (Å²) < 4.78 is 32.0. The number of ether oxygens (including phenoxy) is 1. The number of hydrogen-bond acceptors (Lipinski definition) is 4. The van der Waals surface area contributed by atoms with Gasteiger partial charge in [-0.15, -0.1) is 0 Å². The normalized spacial score (nSPS) is 12.8. The van der Waals surface area contributed by atoms with Crippen LogP contribution in [0.5, 0.6) is 5.75 Å². The lowest BCUT2D eigenvalue weighted by molar-refractivity contribution is 0.111. The zero-order valence-corrected chi connectivity index (χ0v) is 13.1. The van der Waals surface area contributed by atoms with Crippen LogP contribution in [0.3, 0.4) is 0 Å². The molecule has 0 aliphatic carbocycles. The monoisotopic (exact) mass is 321 g/mol. The molecule has 0 saturated carbocycles. The molecule has 0 heterocycles. The highest BCUT2D eigenvalue weighted by molar-refractivity contribution is 7.89. The maximum atomic E-state index is 12.1. The SMILES string of the molecule is Cc1cccc(S(=O)(=O)NCC(O)COc2ccccc2)c1. The molecule has 0 radical (unpaired) electrons. The number of nitrogens with one attached hydrogen (secondary N) is 1. The van der Waals surface area contributed by atoms with E-state index >= 15 is 0 Å². The standard InChI is InChI=1S/C16H19NO4S/c1-13-6-5-9-16(10-13)22(19,20)17-11-14(18)12-21-15-7-3-2-4-8-15/h2-10,14,17-18H,11-12H2,1H3.